The fourth-order valence-electron chi connectivity index (χ4n) is 3.57. The quantitative estimate of drug-likeness (QED) is 0.875. The number of hydrogen-bond acceptors (Lipinski definition) is 3. The fourth-order valence-corrected chi connectivity index (χ4v) is 5.65. The van der Waals surface area contributed by atoms with Gasteiger partial charge in [0.1, 0.15) is 4.90 Å². The summed E-state index contributed by atoms with van der Waals surface area (Å²) in [5, 5.41) is 3.68. The third-order valence-corrected chi connectivity index (χ3v) is 7.21. The van der Waals surface area contributed by atoms with Gasteiger partial charge < -0.3 is 5.32 Å². The Morgan fingerprint density at radius 1 is 1.35 bits per heavy atom. The second kappa shape index (κ2) is 7.28. The molecule has 1 aromatic rings. The van der Waals surface area contributed by atoms with E-state index in [1.54, 1.807) is 16.4 Å². The van der Waals surface area contributed by atoms with Gasteiger partial charge in [0.2, 0.25) is 10.0 Å². The van der Waals surface area contributed by atoms with E-state index in [-0.39, 0.29) is 22.7 Å². The smallest absolute Gasteiger partial charge is 0.244 e. The summed E-state index contributed by atoms with van der Waals surface area (Å²) in [5.41, 5.74) is 1.16. The number of aryl methyl sites for hydroxylation is 1. The van der Waals surface area contributed by atoms with E-state index in [1.807, 2.05) is 6.07 Å². The summed E-state index contributed by atoms with van der Waals surface area (Å²) in [5.74, 6) is 0. The predicted molar refractivity (Wildman–Crippen MR) is 96.0 cm³/mol. The highest BCUT2D eigenvalue weighted by Crippen LogP contribution is 2.39. The van der Waals surface area contributed by atoms with Gasteiger partial charge in [0.05, 0.1) is 5.02 Å². The number of halogens is 2. The van der Waals surface area contributed by atoms with Crippen LogP contribution in [-0.4, -0.2) is 38.9 Å². The summed E-state index contributed by atoms with van der Waals surface area (Å²) in [6.45, 7) is 5.19. The molecule has 2 heterocycles. The molecular weight excluding hydrogens is 355 g/mol. The van der Waals surface area contributed by atoms with Gasteiger partial charge in [-0.2, -0.15) is 4.31 Å². The molecule has 1 N–H and O–H groups in total. The Labute approximate surface area is 150 Å². The zero-order chi connectivity index (χ0) is 15.8. The Kier molecular flexibility index (Phi) is 6.01. The van der Waals surface area contributed by atoms with Gasteiger partial charge in [0.25, 0.3) is 0 Å². The highest BCUT2D eigenvalue weighted by molar-refractivity contribution is 7.89. The number of nitrogens with one attached hydrogen (secondary N) is 1. The van der Waals surface area contributed by atoms with Crippen LogP contribution in [0.15, 0.2) is 23.1 Å². The van der Waals surface area contributed by atoms with E-state index in [1.165, 1.54) is 0 Å². The zero-order valence-electron chi connectivity index (χ0n) is 13.3. The lowest BCUT2D eigenvalue weighted by atomic mass is 9.87. The molecule has 2 fully saturated rings. The monoisotopic (exact) mass is 378 g/mol. The molecule has 130 valence electrons. The standard InChI is InChI=1S/C16H23ClN2O2S.ClH/c1-2-3-13-4-5-14(17)15(10-13)22(20,21)19-9-7-16(12-19)6-8-18-11-16;/h4-5,10,18H,2-3,6-9,11-12H2,1H3;1H. The van der Waals surface area contributed by atoms with Crippen molar-refractivity contribution in [3.8, 4) is 0 Å². The summed E-state index contributed by atoms with van der Waals surface area (Å²) < 4.78 is 27.6. The first-order valence-electron chi connectivity index (χ1n) is 7.96. The van der Waals surface area contributed by atoms with E-state index in [0.717, 1.165) is 44.3 Å². The number of rotatable bonds is 4. The third-order valence-electron chi connectivity index (χ3n) is 4.89. The van der Waals surface area contributed by atoms with Crippen molar-refractivity contribution in [3.63, 3.8) is 0 Å². The van der Waals surface area contributed by atoms with Gasteiger partial charge in [-0.05, 0) is 48.9 Å². The lowest BCUT2D eigenvalue weighted by Crippen LogP contribution is -2.33. The van der Waals surface area contributed by atoms with Crippen molar-refractivity contribution in [1.29, 1.82) is 0 Å². The van der Waals surface area contributed by atoms with E-state index >= 15 is 0 Å². The lowest BCUT2D eigenvalue weighted by molar-refractivity contribution is 0.338. The Morgan fingerprint density at radius 2 is 2.13 bits per heavy atom. The molecule has 4 nitrogen and oxygen atoms in total. The zero-order valence-corrected chi connectivity index (χ0v) is 15.7. The van der Waals surface area contributed by atoms with Crippen LogP contribution < -0.4 is 5.32 Å². The molecule has 2 aliphatic rings. The normalized spacial score (nSPS) is 25.0. The van der Waals surface area contributed by atoms with Crippen LogP contribution in [0.2, 0.25) is 5.02 Å². The van der Waals surface area contributed by atoms with Crippen LogP contribution in [0.4, 0.5) is 0 Å². The first-order valence-corrected chi connectivity index (χ1v) is 9.78. The molecular formula is C16H24Cl2N2O2S. The Morgan fingerprint density at radius 3 is 2.78 bits per heavy atom. The summed E-state index contributed by atoms with van der Waals surface area (Å²) in [4.78, 5) is 0.267. The molecule has 0 aliphatic carbocycles. The number of benzene rings is 1. The van der Waals surface area contributed by atoms with Crippen molar-refractivity contribution >= 4 is 34.0 Å². The maximum Gasteiger partial charge on any atom is 0.244 e. The minimum Gasteiger partial charge on any atom is -0.316 e. The van der Waals surface area contributed by atoms with Gasteiger partial charge in [-0.25, -0.2) is 8.42 Å². The lowest BCUT2D eigenvalue weighted by Gasteiger charge is -2.23. The van der Waals surface area contributed by atoms with Crippen LogP contribution in [0.3, 0.4) is 0 Å². The van der Waals surface area contributed by atoms with Gasteiger partial charge >= 0.3 is 0 Å². The topological polar surface area (TPSA) is 49.4 Å². The van der Waals surface area contributed by atoms with E-state index in [4.69, 9.17) is 11.6 Å². The van der Waals surface area contributed by atoms with Gasteiger partial charge in [0.15, 0.2) is 0 Å². The second-order valence-corrected chi connectivity index (χ2v) is 8.84. The van der Waals surface area contributed by atoms with Crippen molar-refractivity contribution < 1.29 is 8.42 Å². The molecule has 1 unspecified atom stereocenters. The average Bonchev–Trinajstić information content (AvgIpc) is 3.12. The fraction of sp³-hybridized carbons (Fsp3) is 0.625. The van der Waals surface area contributed by atoms with E-state index < -0.39 is 10.0 Å². The molecule has 0 radical (unpaired) electrons. The maximum atomic E-state index is 13.0. The number of hydrogen-bond donors (Lipinski definition) is 1. The second-order valence-electron chi connectivity index (χ2n) is 6.53. The van der Waals surface area contributed by atoms with Crippen LogP contribution in [0.1, 0.15) is 31.7 Å². The molecule has 7 heteroatoms. The van der Waals surface area contributed by atoms with Crippen LogP contribution in [0.5, 0.6) is 0 Å². The third kappa shape index (κ3) is 3.69. The van der Waals surface area contributed by atoms with Gasteiger partial charge in [0, 0.05) is 19.6 Å². The number of sulfonamides is 1. The van der Waals surface area contributed by atoms with Crippen LogP contribution in [0, 0.1) is 5.41 Å². The van der Waals surface area contributed by atoms with Crippen molar-refractivity contribution in [3.05, 3.63) is 28.8 Å². The SMILES string of the molecule is CCCc1ccc(Cl)c(S(=O)(=O)N2CCC3(CCNC3)C2)c1.Cl. The van der Waals surface area contributed by atoms with Gasteiger partial charge in [-0.15, -0.1) is 12.4 Å². The molecule has 0 saturated carbocycles. The maximum absolute atomic E-state index is 13.0. The van der Waals surface area contributed by atoms with E-state index in [0.29, 0.717) is 18.1 Å². The number of nitrogens with zero attached hydrogens (tertiary/aromatic N) is 1. The van der Waals surface area contributed by atoms with Crippen LogP contribution in [0.25, 0.3) is 0 Å². The largest absolute Gasteiger partial charge is 0.316 e. The highest BCUT2D eigenvalue weighted by atomic mass is 35.5. The van der Waals surface area contributed by atoms with Gasteiger partial charge in [-0.1, -0.05) is 31.0 Å². The van der Waals surface area contributed by atoms with Crippen molar-refractivity contribution in [2.24, 2.45) is 5.41 Å². The first kappa shape index (κ1) is 19.0. The minimum absolute atomic E-state index is 0. The molecule has 23 heavy (non-hydrogen) atoms. The Balaban J connectivity index is 0.00000192. The van der Waals surface area contributed by atoms with Crippen LogP contribution in [-0.2, 0) is 16.4 Å². The Hall–Kier alpha value is -0.330. The summed E-state index contributed by atoms with van der Waals surface area (Å²) in [6.07, 6.45) is 3.85. The van der Waals surface area contributed by atoms with Crippen molar-refractivity contribution in [2.75, 3.05) is 26.2 Å². The van der Waals surface area contributed by atoms with Crippen molar-refractivity contribution in [1.82, 2.24) is 9.62 Å². The molecule has 1 aromatic carbocycles. The van der Waals surface area contributed by atoms with Crippen LogP contribution >= 0.6 is 24.0 Å². The predicted octanol–water partition coefficient (Wildman–Crippen LogP) is 3.09. The highest BCUT2D eigenvalue weighted by Gasteiger charge is 2.44. The molecule has 0 amide bonds. The summed E-state index contributed by atoms with van der Waals surface area (Å²) in [6, 6.07) is 5.37. The molecule has 0 bridgehead atoms. The van der Waals surface area contributed by atoms with Crippen molar-refractivity contribution in [2.45, 2.75) is 37.5 Å². The average molecular weight is 379 g/mol. The summed E-state index contributed by atoms with van der Waals surface area (Å²) >= 11 is 6.19. The Bertz CT molecular complexity index is 658. The molecule has 0 aromatic heterocycles. The molecule has 2 aliphatic heterocycles. The molecule has 2 saturated heterocycles. The molecule has 1 atom stereocenters. The first-order chi connectivity index (χ1) is 10.5. The van der Waals surface area contributed by atoms with E-state index in [9.17, 15) is 8.42 Å². The minimum atomic E-state index is -3.50. The molecule has 1 spiro atoms. The van der Waals surface area contributed by atoms with E-state index in [2.05, 4.69) is 12.2 Å². The van der Waals surface area contributed by atoms with Gasteiger partial charge in [-0.3, -0.25) is 0 Å². The molecule has 3 rings (SSSR count). The summed E-state index contributed by atoms with van der Waals surface area (Å²) in [7, 11) is -3.50.